The zero-order chi connectivity index (χ0) is 16.1. The molecule has 2 rings (SSSR count). The topological polar surface area (TPSA) is 81.4 Å². The van der Waals surface area contributed by atoms with E-state index in [0.29, 0.717) is 16.3 Å². The molecule has 0 fully saturated rings. The first-order valence-electron chi connectivity index (χ1n) is 6.46. The minimum atomic E-state index is -0.451. The van der Waals surface area contributed by atoms with Gasteiger partial charge >= 0.3 is 5.97 Å². The Morgan fingerprint density at radius 1 is 1.36 bits per heavy atom. The summed E-state index contributed by atoms with van der Waals surface area (Å²) < 4.78 is 4.72. The van der Waals surface area contributed by atoms with Crippen molar-refractivity contribution in [3.05, 3.63) is 40.1 Å². The molecule has 0 aliphatic heterocycles. The molecule has 1 amide bonds. The second-order valence-electron chi connectivity index (χ2n) is 4.49. The smallest absolute Gasteiger partial charge is 0.350 e. The fraction of sp³-hybridized carbons (Fsp3) is 0.200. The van der Waals surface area contributed by atoms with Crippen molar-refractivity contribution in [1.82, 2.24) is 0 Å². The molecule has 116 valence electrons. The first-order chi connectivity index (χ1) is 10.5. The van der Waals surface area contributed by atoms with E-state index in [1.54, 1.807) is 6.07 Å². The molecule has 1 aromatic heterocycles. The molecule has 0 bridgehead atoms. The lowest BCUT2D eigenvalue weighted by Crippen LogP contribution is -2.16. The SMILES string of the molecule is COC(=O)c1scc(C)c1NC(=O)CSc1ccccc1N. The van der Waals surface area contributed by atoms with Gasteiger partial charge in [0.25, 0.3) is 0 Å². The number of methoxy groups -OCH3 is 1. The molecule has 0 aliphatic carbocycles. The van der Waals surface area contributed by atoms with Crippen molar-refractivity contribution in [3.8, 4) is 0 Å². The van der Waals surface area contributed by atoms with Gasteiger partial charge in [-0.1, -0.05) is 12.1 Å². The first kappa shape index (κ1) is 16.4. The number of thiophene rings is 1. The number of nitrogens with one attached hydrogen (secondary N) is 1. The predicted molar refractivity (Wildman–Crippen MR) is 90.6 cm³/mol. The second-order valence-corrected chi connectivity index (χ2v) is 6.39. The van der Waals surface area contributed by atoms with Crippen LogP contribution in [0.3, 0.4) is 0 Å². The maximum absolute atomic E-state index is 12.1. The fourth-order valence-electron chi connectivity index (χ4n) is 1.77. The Morgan fingerprint density at radius 3 is 2.77 bits per heavy atom. The summed E-state index contributed by atoms with van der Waals surface area (Å²) in [5, 5.41) is 4.58. The molecule has 0 saturated heterocycles. The van der Waals surface area contributed by atoms with Crippen LogP contribution in [0.4, 0.5) is 11.4 Å². The summed E-state index contributed by atoms with van der Waals surface area (Å²) in [6, 6.07) is 7.37. The maximum atomic E-state index is 12.1. The number of para-hydroxylation sites is 1. The quantitative estimate of drug-likeness (QED) is 0.498. The Kier molecular flexibility index (Phi) is 5.46. The van der Waals surface area contributed by atoms with Crippen molar-refractivity contribution < 1.29 is 14.3 Å². The van der Waals surface area contributed by atoms with Gasteiger partial charge in [0, 0.05) is 10.6 Å². The molecule has 7 heteroatoms. The van der Waals surface area contributed by atoms with Crippen LogP contribution in [0.2, 0.25) is 0 Å². The third-order valence-electron chi connectivity index (χ3n) is 2.89. The molecule has 3 N–H and O–H groups in total. The van der Waals surface area contributed by atoms with Crippen LogP contribution in [-0.2, 0) is 9.53 Å². The molecule has 22 heavy (non-hydrogen) atoms. The van der Waals surface area contributed by atoms with Crippen LogP contribution in [0.5, 0.6) is 0 Å². The summed E-state index contributed by atoms with van der Waals surface area (Å²) in [5.41, 5.74) is 7.83. The summed E-state index contributed by atoms with van der Waals surface area (Å²) >= 11 is 2.60. The van der Waals surface area contributed by atoms with Gasteiger partial charge in [-0.05, 0) is 30.0 Å². The zero-order valence-corrected chi connectivity index (χ0v) is 13.8. The van der Waals surface area contributed by atoms with Crippen LogP contribution in [0.25, 0.3) is 0 Å². The number of esters is 1. The van der Waals surface area contributed by atoms with E-state index in [2.05, 4.69) is 5.32 Å². The molecule has 0 spiro atoms. The standard InChI is InChI=1S/C15H16N2O3S2/c1-9-7-22-14(15(19)20-2)13(9)17-12(18)8-21-11-6-4-3-5-10(11)16/h3-7H,8,16H2,1-2H3,(H,17,18). The molecule has 5 nitrogen and oxygen atoms in total. The summed E-state index contributed by atoms with van der Waals surface area (Å²) in [7, 11) is 1.32. The molecule has 0 atom stereocenters. The number of ether oxygens (including phenoxy) is 1. The van der Waals surface area contributed by atoms with Gasteiger partial charge in [-0.2, -0.15) is 0 Å². The van der Waals surface area contributed by atoms with Gasteiger partial charge in [0.2, 0.25) is 5.91 Å². The van der Waals surface area contributed by atoms with Crippen LogP contribution < -0.4 is 11.1 Å². The second kappa shape index (κ2) is 7.33. The summed E-state index contributed by atoms with van der Waals surface area (Å²) in [4.78, 5) is 25.0. The number of rotatable bonds is 5. The van der Waals surface area contributed by atoms with Gasteiger partial charge in [0.15, 0.2) is 0 Å². The predicted octanol–water partition coefficient (Wildman–Crippen LogP) is 3.16. The van der Waals surface area contributed by atoms with E-state index in [1.807, 2.05) is 30.5 Å². The normalized spacial score (nSPS) is 10.3. The van der Waals surface area contributed by atoms with Gasteiger partial charge in [-0.15, -0.1) is 23.1 Å². The number of hydrogen-bond acceptors (Lipinski definition) is 6. The van der Waals surface area contributed by atoms with Gasteiger partial charge < -0.3 is 15.8 Å². The van der Waals surface area contributed by atoms with Gasteiger partial charge in [0.1, 0.15) is 4.88 Å². The van der Waals surface area contributed by atoms with Crippen LogP contribution in [-0.4, -0.2) is 24.7 Å². The third-order valence-corrected chi connectivity index (χ3v) is 5.06. The largest absolute Gasteiger partial charge is 0.465 e. The van der Waals surface area contributed by atoms with Crippen molar-refractivity contribution in [2.24, 2.45) is 0 Å². The number of thioether (sulfide) groups is 1. The number of amides is 1. The van der Waals surface area contributed by atoms with Crippen LogP contribution in [0, 0.1) is 6.92 Å². The van der Waals surface area contributed by atoms with Gasteiger partial charge in [0.05, 0.1) is 18.6 Å². The van der Waals surface area contributed by atoms with Crippen molar-refractivity contribution in [2.75, 3.05) is 23.9 Å². The molecule has 0 radical (unpaired) electrons. The van der Waals surface area contributed by atoms with E-state index < -0.39 is 5.97 Å². The van der Waals surface area contributed by atoms with Crippen molar-refractivity contribution >= 4 is 46.3 Å². The number of nitrogens with two attached hydrogens (primary N) is 1. The highest BCUT2D eigenvalue weighted by molar-refractivity contribution is 8.00. The fourth-order valence-corrected chi connectivity index (χ4v) is 3.46. The zero-order valence-electron chi connectivity index (χ0n) is 12.2. The number of hydrogen-bond donors (Lipinski definition) is 2. The molecular weight excluding hydrogens is 320 g/mol. The Labute approximate surface area is 136 Å². The lowest BCUT2D eigenvalue weighted by atomic mass is 10.2. The Balaban J connectivity index is 2.02. The van der Waals surface area contributed by atoms with E-state index in [-0.39, 0.29) is 11.7 Å². The lowest BCUT2D eigenvalue weighted by Gasteiger charge is -2.08. The maximum Gasteiger partial charge on any atom is 0.350 e. The Morgan fingerprint density at radius 2 is 2.09 bits per heavy atom. The van der Waals surface area contributed by atoms with E-state index in [9.17, 15) is 9.59 Å². The Hall–Kier alpha value is -1.99. The highest BCUT2D eigenvalue weighted by Crippen LogP contribution is 2.29. The van der Waals surface area contributed by atoms with E-state index >= 15 is 0 Å². The summed E-state index contributed by atoms with van der Waals surface area (Å²) in [6.07, 6.45) is 0. The van der Waals surface area contributed by atoms with Crippen molar-refractivity contribution in [1.29, 1.82) is 0 Å². The van der Waals surface area contributed by atoms with Gasteiger partial charge in [-0.3, -0.25) is 4.79 Å². The highest BCUT2D eigenvalue weighted by atomic mass is 32.2. The molecule has 2 aromatic rings. The van der Waals surface area contributed by atoms with E-state index in [1.165, 1.54) is 30.2 Å². The molecule has 1 aromatic carbocycles. The molecular formula is C15H16N2O3S2. The number of benzene rings is 1. The number of carbonyl (C=O) groups is 2. The van der Waals surface area contributed by atoms with E-state index in [0.717, 1.165) is 10.5 Å². The highest BCUT2D eigenvalue weighted by Gasteiger charge is 2.18. The first-order valence-corrected chi connectivity index (χ1v) is 8.33. The van der Waals surface area contributed by atoms with Crippen LogP contribution in [0.15, 0.2) is 34.5 Å². The molecule has 0 aliphatic rings. The number of carbonyl (C=O) groups excluding carboxylic acids is 2. The van der Waals surface area contributed by atoms with Crippen molar-refractivity contribution in [3.63, 3.8) is 0 Å². The van der Waals surface area contributed by atoms with Crippen LogP contribution >= 0.6 is 23.1 Å². The van der Waals surface area contributed by atoms with E-state index in [4.69, 9.17) is 10.5 Å². The number of anilines is 2. The monoisotopic (exact) mass is 336 g/mol. The molecule has 0 unspecified atom stereocenters. The average molecular weight is 336 g/mol. The molecule has 1 heterocycles. The van der Waals surface area contributed by atoms with Gasteiger partial charge in [-0.25, -0.2) is 4.79 Å². The summed E-state index contributed by atoms with van der Waals surface area (Å²) in [6.45, 7) is 1.83. The average Bonchev–Trinajstić information content (AvgIpc) is 2.87. The third kappa shape index (κ3) is 3.80. The molecule has 0 saturated carbocycles. The Bertz CT molecular complexity index is 698. The van der Waals surface area contributed by atoms with Crippen molar-refractivity contribution in [2.45, 2.75) is 11.8 Å². The lowest BCUT2D eigenvalue weighted by molar-refractivity contribution is -0.113. The minimum absolute atomic E-state index is 0.195. The summed E-state index contributed by atoms with van der Waals surface area (Å²) in [5.74, 6) is -0.433. The number of nitrogen functional groups attached to an aromatic ring is 1. The number of aryl methyl sites for hydroxylation is 1. The minimum Gasteiger partial charge on any atom is -0.465 e. The van der Waals surface area contributed by atoms with Crippen LogP contribution in [0.1, 0.15) is 15.2 Å².